The third kappa shape index (κ3) is 22.5. The van der Waals surface area contributed by atoms with Gasteiger partial charge in [0, 0.05) is 0 Å². The Morgan fingerprint density at radius 1 is 0.739 bits per heavy atom. The van der Waals surface area contributed by atoms with Crippen molar-refractivity contribution in [2.75, 3.05) is 0 Å². The summed E-state index contributed by atoms with van der Waals surface area (Å²) in [5.41, 5.74) is 0. The number of unbranched alkanes of at least 4 members (excludes halogenated alkanes) is 10. The van der Waals surface area contributed by atoms with Crippen molar-refractivity contribution in [3.63, 3.8) is 0 Å². The maximum atomic E-state index is 7.56. The van der Waals surface area contributed by atoms with Crippen LogP contribution in [-0.4, -0.2) is 14.7 Å². The molecule has 0 unspecified atom stereocenters. The van der Waals surface area contributed by atoms with Gasteiger partial charge in [0.05, 0.1) is 0 Å². The fraction of sp³-hybridized carbons (Fsp3) is 1.00. The number of rotatable bonds is 12. The van der Waals surface area contributed by atoms with E-state index < -0.39 is 6.72 Å². The molecule has 0 radical (unpaired) electrons. The molecule has 0 aromatic carbocycles. The van der Waals surface area contributed by atoms with E-state index in [9.17, 15) is 0 Å². The van der Waals surface area contributed by atoms with Gasteiger partial charge in [-0.25, -0.2) is 0 Å². The lowest BCUT2D eigenvalue weighted by Crippen LogP contribution is -1.92. The Balaban J connectivity index is 0.000000841. The summed E-state index contributed by atoms with van der Waals surface area (Å²) in [6.07, 6.45) is 23.9. The Kier molecular flexibility index (Phi) is 16.4. The van der Waals surface area contributed by atoms with E-state index in [1.165, 1.54) is 103 Å². The van der Waals surface area contributed by atoms with Crippen molar-refractivity contribution >= 4 is 18.5 Å². The van der Waals surface area contributed by atoms with E-state index in [4.69, 9.17) is 14.7 Å². The molecule has 1 saturated carbocycles. The van der Waals surface area contributed by atoms with Gasteiger partial charge in [-0.05, 0) is 17.7 Å². The molecule has 1 fully saturated rings. The highest BCUT2D eigenvalue weighted by Crippen LogP contribution is 2.29. The van der Waals surface area contributed by atoms with Crippen molar-refractivity contribution < 1.29 is 14.7 Å². The Hall–Kier alpha value is 0.530. The van der Waals surface area contributed by atoms with Crippen LogP contribution in [0.2, 0.25) is 0 Å². The van der Waals surface area contributed by atoms with Crippen LogP contribution in [0.1, 0.15) is 110 Å². The summed E-state index contributed by atoms with van der Waals surface area (Å²) in [6.45, 7) is -1.51. The van der Waals surface area contributed by atoms with Gasteiger partial charge in [0.1, 0.15) is 0 Å². The second kappa shape index (κ2) is 16.0. The summed E-state index contributed by atoms with van der Waals surface area (Å²) in [5, 5.41) is 0. The first-order valence-corrected chi connectivity index (χ1v) is 12.4. The van der Waals surface area contributed by atoms with Gasteiger partial charge < -0.3 is 14.7 Å². The normalized spacial score (nSPS) is 15.5. The maximum absolute atomic E-state index is 7.56. The molecule has 0 saturated heterocycles. The van der Waals surface area contributed by atoms with E-state index in [-0.39, 0.29) is 0 Å². The van der Waals surface area contributed by atoms with Crippen LogP contribution in [-0.2, 0) is 11.8 Å². The molecule has 140 valence electrons. The smallest absolute Gasteiger partial charge is 0.319 e. The molecular weight excluding hydrogens is 327 g/mol. The average Bonchev–Trinajstić information content (AvgIpc) is 2.96. The Morgan fingerprint density at radius 2 is 1.09 bits per heavy atom. The molecule has 0 amide bonds. The Labute approximate surface area is 149 Å². The van der Waals surface area contributed by atoms with Crippen molar-refractivity contribution in [1.29, 1.82) is 0 Å². The molecule has 0 aromatic heterocycles. The van der Waals surface area contributed by atoms with Crippen LogP contribution < -0.4 is 0 Å². The number of hydrogen-bond acceptors (Lipinski definition) is 1. The van der Waals surface area contributed by atoms with E-state index in [0.29, 0.717) is 0 Å². The molecule has 0 aromatic rings. The molecule has 3 N–H and O–H groups in total. The van der Waals surface area contributed by atoms with Crippen molar-refractivity contribution in [3.05, 3.63) is 0 Å². The molecule has 5 heteroatoms. The van der Waals surface area contributed by atoms with Gasteiger partial charge in [-0.1, -0.05) is 110 Å². The van der Waals surface area contributed by atoms with E-state index in [0.717, 1.165) is 5.92 Å². The highest BCUT2D eigenvalue weighted by atomic mass is 32.5. The lowest BCUT2D eigenvalue weighted by Gasteiger charge is -2.07. The van der Waals surface area contributed by atoms with Gasteiger partial charge in [0.25, 0.3) is 0 Å². The van der Waals surface area contributed by atoms with Gasteiger partial charge in [-0.2, -0.15) is 0 Å². The minimum absolute atomic E-state index is 1.11. The second-order valence-corrected chi connectivity index (χ2v) is 9.48. The summed E-state index contributed by atoms with van der Waals surface area (Å²) < 4.78 is 0. The minimum atomic E-state index is -3.81. The Morgan fingerprint density at radius 3 is 1.48 bits per heavy atom. The topological polar surface area (TPSA) is 60.7 Å². The molecule has 0 bridgehead atoms. The molecule has 3 nitrogen and oxygen atoms in total. The largest absolute Gasteiger partial charge is 0.325 e. The molecule has 0 heterocycles. The van der Waals surface area contributed by atoms with Gasteiger partial charge in [0.2, 0.25) is 0 Å². The van der Waals surface area contributed by atoms with Crippen LogP contribution in [0.5, 0.6) is 0 Å². The van der Waals surface area contributed by atoms with E-state index >= 15 is 0 Å². The van der Waals surface area contributed by atoms with Gasteiger partial charge in [-0.15, -0.1) is 0 Å². The molecule has 1 aliphatic carbocycles. The summed E-state index contributed by atoms with van der Waals surface area (Å²) in [7, 11) is 0. The predicted octanol–water partition coefficient (Wildman–Crippen LogP) is 6.07. The Bertz CT molecular complexity index is 280. The van der Waals surface area contributed by atoms with Crippen molar-refractivity contribution in [1.82, 2.24) is 0 Å². The monoisotopic (exact) mass is 366 g/mol. The van der Waals surface area contributed by atoms with Crippen LogP contribution in [0.25, 0.3) is 0 Å². The molecular formula is C18H39O3PS. The van der Waals surface area contributed by atoms with E-state index in [1.807, 2.05) is 0 Å². The summed E-state index contributed by atoms with van der Waals surface area (Å²) >= 11 is 3.60. The summed E-state index contributed by atoms with van der Waals surface area (Å²) in [5.74, 6) is 1.11. The molecule has 1 rings (SSSR count). The third-order valence-electron chi connectivity index (χ3n) is 4.69. The SMILES string of the molecule is CCCCCCCCCCCCCC1CCCC1.OP(O)(O)=S. The predicted molar refractivity (Wildman–Crippen MR) is 104 cm³/mol. The summed E-state index contributed by atoms with van der Waals surface area (Å²) in [4.78, 5) is 22.7. The first kappa shape index (κ1) is 23.5. The zero-order chi connectivity index (χ0) is 17.4. The maximum Gasteiger partial charge on any atom is 0.319 e. The highest BCUT2D eigenvalue weighted by Gasteiger charge is 2.13. The fourth-order valence-electron chi connectivity index (χ4n) is 3.40. The standard InChI is InChI=1S/C18H36.H3O3PS/c1-2-3-4-5-6-7-8-9-10-11-12-15-18-16-13-14-17-18;1-4(2,3)5/h18H,2-17H2,1H3;(H3,1,2,3,5). The molecule has 0 aliphatic heterocycles. The summed E-state index contributed by atoms with van der Waals surface area (Å²) in [6, 6.07) is 0. The first-order chi connectivity index (χ1) is 10.9. The molecule has 23 heavy (non-hydrogen) atoms. The van der Waals surface area contributed by atoms with Crippen LogP contribution in [0.3, 0.4) is 0 Å². The zero-order valence-electron chi connectivity index (χ0n) is 15.1. The van der Waals surface area contributed by atoms with Crippen LogP contribution in [0, 0.1) is 5.92 Å². The molecule has 0 atom stereocenters. The molecule has 0 spiro atoms. The highest BCUT2D eigenvalue weighted by molar-refractivity contribution is 8.06. The van der Waals surface area contributed by atoms with Crippen LogP contribution in [0.4, 0.5) is 0 Å². The van der Waals surface area contributed by atoms with Gasteiger partial charge >= 0.3 is 6.72 Å². The lowest BCUT2D eigenvalue weighted by atomic mass is 9.99. The van der Waals surface area contributed by atoms with Gasteiger partial charge in [-0.3, -0.25) is 0 Å². The van der Waals surface area contributed by atoms with Gasteiger partial charge in [0.15, 0.2) is 0 Å². The zero-order valence-corrected chi connectivity index (χ0v) is 16.8. The van der Waals surface area contributed by atoms with Crippen molar-refractivity contribution in [3.8, 4) is 0 Å². The first-order valence-electron chi connectivity index (χ1n) is 9.71. The molecule has 1 aliphatic rings. The third-order valence-corrected chi connectivity index (χ3v) is 4.69. The van der Waals surface area contributed by atoms with E-state index in [1.54, 1.807) is 0 Å². The van der Waals surface area contributed by atoms with Crippen molar-refractivity contribution in [2.24, 2.45) is 5.92 Å². The van der Waals surface area contributed by atoms with Crippen LogP contribution >= 0.6 is 6.72 Å². The number of hydrogen-bond donors (Lipinski definition) is 3. The second-order valence-electron chi connectivity index (χ2n) is 6.99. The lowest BCUT2D eigenvalue weighted by molar-refractivity contribution is 0.363. The fourth-order valence-corrected chi connectivity index (χ4v) is 3.40. The minimum Gasteiger partial charge on any atom is -0.325 e. The van der Waals surface area contributed by atoms with Crippen molar-refractivity contribution in [2.45, 2.75) is 110 Å². The quantitative estimate of drug-likeness (QED) is 0.290. The van der Waals surface area contributed by atoms with E-state index in [2.05, 4.69) is 18.7 Å². The average molecular weight is 367 g/mol. The van der Waals surface area contributed by atoms with Crippen LogP contribution in [0.15, 0.2) is 0 Å².